The Balaban J connectivity index is 1.51. The lowest BCUT2D eigenvalue weighted by molar-refractivity contribution is 0.0398. The molecule has 14 heteroatoms. The van der Waals surface area contributed by atoms with Crippen LogP contribution in [-0.4, -0.2) is 123 Å². The molecule has 182 valence electrons. The van der Waals surface area contributed by atoms with E-state index in [4.69, 9.17) is 21.1 Å². The molecule has 0 bridgehead atoms. The normalized spacial score (nSPS) is 18.5. The molecule has 2 N–H and O–H groups in total. The number of nitrogens with one attached hydrogen (secondary N) is 2. The molecule has 2 aliphatic heterocycles. The topological polar surface area (TPSA) is 135 Å². The summed E-state index contributed by atoms with van der Waals surface area (Å²) >= 11 is 6.39. The molecular weight excluding hydrogens is 472 g/mol. The Morgan fingerprint density at radius 1 is 0.848 bits per heavy atom. The van der Waals surface area contributed by atoms with Gasteiger partial charge in [-0.1, -0.05) is 11.6 Å². The van der Waals surface area contributed by atoms with E-state index in [9.17, 15) is 8.42 Å². The van der Waals surface area contributed by atoms with E-state index >= 15 is 0 Å². The Hall–Kier alpha value is -1.90. The third-order valence-electron chi connectivity index (χ3n) is 5.45. The second-order valence-corrected chi connectivity index (χ2v) is 10.2. The number of hydrogen-bond donors (Lipinski definition) is 2. The Morgan fingerprint density at radius 2 is 1.39 bits per heavy atom. The highest BCUT2D eigenvalue weighted by molar-refractivity contribution is 7.90. The minimum absolute atomic E-state index is 0.164. The maximum absolute atomic E-state index is 12.2. The largest absolute Gasteiger partial charge is 0.379 e. The molecule has 2 fully saturated rings. The monoisotopic (exact) mass is 500 g/mol. The summed E-state index contributed by atoms with van der Waals surface area (Å²) in [7, 11) is -3.65. The highest BCUT2D eigenvalue weighted by Crippen LogP contribution is 2.25. The lowest BCUT2D eigenvalue weighted by Crippen LogP contribution is -2.39. The Morgan fingerprint density at radius 3 is 1.94 bits per heavy atom. The number of ether oxygens (including phenoxy) is 2. The van der Waals surface area contributed by atoms with E-state index < -0.39 is 9.84 Å². The molecule has 0 amide bonds. The van der Waals surface area contributed by atoms with E-state index in [1.54, 1.807) is 0 Å². The van der Waals surface area contributed by atoms with Gasteiger partial charge in [-0.3, -0.25) is 9.80 Å². The van der Waals surface area contributed by atoms with Gasteiger partial charge in [0.05, 0.1) is 26.4 Å². The van der Waals surface area contributed by atoms with Crippen LogP contribution < -0.4 is 10.6 Å². The predicted molar refractivity (Wildman–Crippen MR) is 125 cm³/mol. The molecule has 33 heavy (non-hydrogen) atoms. The van der Waals surface area contributed by atoms with Gasteiger partial charge >= 0.3 is 0 Å². The van der Waals surface area contributed by atoms with Crippen molar-refractivity contribution in [3.05, 3.63) is 5.15 Å². The van der Waals surface area contributed by atoms with E-state index in [0.29, 0.717) is 43.5 Å². The predicted octanol–water partition coefficient (Wildman–Crippen LogP) is -0.0351. The van der Waals surface area contributed by atoms with Crippen LogP contribution in [0.2, 0.25) is 5.15 Å². The van der Waals surface area contributed by atoms with Crippen LogP contribution in [0.25, 0.3) is 11.2 Å². The molecule has 0 radical (unpaired) electrons. The van der Waals surface area contributed by atoms with Crippen molar-refractivity contribution in [3.63, 3.8) is 0 Å². The Bertz CT molecular complexity index is 1060. The smallest absolute Gasteiger partial charge is 0.250 e. The molecule has 4 heterocycles. The third kappa shape index (κ3) is 6.58. The molecule has 0 atom stereocenters. The summed E-state index contributed by atoms with van der Waals surface area (Å²) in [5.41, 5.74) is 0.491. The average molecular weight is 501 g/mol. The summed E-state index contributed by atoms with van der Waals surface area (Å²) in [5, 5.41) is 6.23. The van der Waals surface area contributed by atoms with Gasteiger partial charge in [0.2, 0.25) is 9.84 Å². The molecule has 2 aliphatic rings. The standard InChI is InChI=1S/C19H29ClN8O4S/c1-33(29,30)19-25-16(21-2-4-27-6-10-31-11-7-27)14-17(26-19)24-18(15(20)23-14)22-3-5-28-8-12-32-13-9-28/h2-13H2,1H3,(H2,21,22,24,25,26). The van der Waals surface area contributed by atoms with Crippen molar-refractivity contribution in [1.82, 2.24) is 29.7 Å². The SMILES string of the molecule is CS(=O)(=O)c1nc(NCCN2CCOCC2)c2nc(Cl)c(NCCN3CCOCC3)nc2n1. The van der Waals surface area contributed by atoms with Crippen LogP contribution in [0.4, 0.5) is 11.6 Å². The maximum atomic E-state index is 12.2. The minimum atomic E-state index is -3.65. The summed E-state index contributed by atoms with van der Waals surface area (Å²) < 4.78 is 35.1. The molecule has 2 aromatic rings. The fraction of sp³-hybridized carbons (Fsp3) is 0.684. The molecule has 0 saturated carbocycles. The Labute approximate surface area is 197 Å². The zero-order valence-electron chi connectivity index (χ0n) is 18.6. The number of aromatic nitrogens is 4. The summed E-state index contributed by atoms with van der Waals surface area (Å²) in [4.78, 5) is 21.7. The van der Waals surface area contributed by atoms with Crippen LogP contribution in [0.1, 0.15) is 0 Å². The quantitative estimate of drug-likeness (QED) is 0.447. The molecule has 0 spiro atoms. The number of fused-ring (bicyclic) bond motifs is 1. The van der Waals surface area contributed by atoms with Crippen molar-refractivity contribution in [2.45, 2.75) is 5.16 Å². The number of rotatable bonds is 9. The average Bonchev–Trinajstić information content (AvgIpc) is 2.80. The van der Waals surface area contributed by atoms with Gasteiger partial charge in [-0.05, 0) is 0 Å². The van der Waals surface area contributed by atoms with Crippen LogP contribution in [0, 0.1) is 0 Å². The molecule has 0 aromatic carbocycles. The fourth-order valence-corrected chi connectivity index (χ4v) is 4.33. The summed E-state index contributed by atoms with van der Waals surface area (Å²) in [5.74, 6) is 0.651. The molecule has 0 aliphatic carbocycles. The Kier molecular flexibility index (Phi) is 8.09. The molecule has 2 saturated heterocycles. The first-order valence-corrected chi connectivity index (χ1v) is 13.2. The number of nitrogens with zero attached hydrogens (tertiary/aromatic N) is 6. The third-order valence-corrected chi connectivity index (χ3v) is 6.56. The first kappa shape index (κ1) is 24.2. The van der Waals surface area contributed by atoms with Gasteiger partial charge in [0.1, 0.15) is 0 Å². The van der Waals surface area contributed by atoms with E-state index in [1.807, 2.05) is 0 Å². The zero-order chi connectivity index (χ0) is 23.3. The molecular formula is C19H29ClN8O4S. The van der Waals surface area contributed by atoms with Crippen molar-refractivity contribution in [2.24, 2.45) is 0 Å². The summed E-state index contributed by atoms with van der Waals surface area (Å²) in [6.07, 6.45) is 1.07. The second kappa shape index (κ2) is 11.0. The molecule has 2 aromatic heterocycles. The maximum Gasteiger partial charge on any atom is 0.250 e. The summed E-state index contributed by atoms with van der Waals surface area (Å²) in [6.45, 7) is 9.03. The lowest BCUT2D eigenvalue weighted by atomic mass is 10.4. The second-order valence-electron chi connectivity index (χ2n) is 7.92. The zero-order valence-corrected chi connectivity index (χ0v) is 20.2. The molecule has 4 rings (SSSR count). The van der Waals surface area contributed by atoms with Crippen molar-refractivity contribution >= 4 is 44.2 Å². The van der Waals surface area contributed by atoms with Gasteiger partial charge in [0.25, 0.3) is 5.16 Å². The van der Waals surface area contributed by atoms with Crippen LogP contribution in [0.15, 0.2) is 5.16 Å². The van der Waals surface area contributed by atoms with Crippen LogP contribution in [0.5, 0.6) is 0 Å². The first-order valence-electron chi connectivity index (χ1n) is 10.9. The van der Waals surface area contributed by atoms with Crippen molar-refractivity contribution in [2.75, 3.05) is 95.7 Å². The van der Waals surface area contributed by atoms with Gasteiger partial charge in [0.15, 0.2) is 28.0 Å². The van der Waals surface area contributed by atoms with Gasteiger partial charge in [0, 0.05) is 58.6 Å². The van der Waals surface area contributed by atoms with E-state index in [-0.39, 0.29) is 16.0 Å². The van der Waals surface area contributed by atoms with E-state index in [2.05, 4.69) is 40.4 Å². The summed E-state index contributed by atoms with van der Waals surface area (Å²) in [6, 6.07) is 0. The highest BCUT2D eigenvalue weighted by Gasteiger charge is 2.20. The van der Waals surface area contributed by atoms with Crippen molar-refractivity contribution in [3.8, 4) is 0 Å². The van der Waals surface area contributed by atoms with Gasteiger partial charge in [-0.2, -0.15) is 9.97 Å². The fourth-order valence-electron chi connectivity index (χ4n) is 3.62. The van der Waals surface area contributed by atoms with Gasteiger partial charge < -0.3 is 20.1 Å². The first-order chi connectivity index (χ1) is 15.9. The number of hydrogen-bond acceptors (Lipinski definition) is 12. The van der Waals surface area contributed by atoms with Crippen LogP contribution >= 0.6 is 11.6 Å². The van der Waals surface area contributed by atoms with Crippen molar-refractivity contribution in [1.29, 1.82) is 0 Å². The van der Waals surface area contributed by atoms with Gasteiger partial charge in [-0.25, -0.2) is 18.4 Å². The number of sulfone groups is 1. The highest BCUT2D eigenvalue weighted by atomic mass is 35.5. The number of morpholine rings is 2. The minimum Gasteiger partial charge on any atom is -0.379 e. The van der Waals surface area contributed by atoms with Crippen LogP contribution in [0.3, 0.4) is 0 Å². The number of anilines is 2. The molecule has 12 nitrogen and oxygen atoms in total. The van der Waals surface area contributed by atoms with Gasteiger partial charge in [-0.15, -0.1) is 0 Å². The van der Waals surface area contributed by atoms with Crippen molar-refractivity contribution < 1.29 is 17.9 Å². The lowest BCUT2D eigenvalue weighted by Gasteiger charge is -2.26. The van der Waals surface area contributed by atoms with E-state index in [1.165, 1.54) is 0 Å². The number of halogens is 1. The molecule has 0 unspecified atom stereocenters. The van der Waals surface area contributed by atoms with E-state index in [0.717, 1.165) is 58.7 Å². The van der Waals surface area contributed by atoms with Crippen LogP contribution in [-0.2, 0) is 19.3 Å².